The number of carbonyl (C=O) groups is 1. The standard InChI is InChI=1S/C8H15NO2/c1-4-5-9-7(3)6(2)8(10)11/h9H,4-5H2,1-3H3,(H,10,11)/b7-6+. The highest BCUT2D eigenvalue weighted by atomic mass is 16.4. The highest BCUT2D eigenvalue weighted by molar-refractivity contribution is 5.86. The van der Waals surface area contributed by atoms with Crippen LogP contribution in [0.25, 0.3) is 0 Å². The average Bonchev–Trinajstić information content (AvgIpc) is 1.98. The molecule has 0 rings (SSSR count). The van der Waals surface area contributed by atoms with E-state index in [1.165, 1.54) is 0 Å². The van der Waals surface area contributed by atoms with Crippen LogP contribution in [0.3, 0.4) is 0 Å². The molecule has 64 valence electrons. The first-order chi connectivity index (χ1) is 5.09. The molecule has 3 heteroatoms. The molecular weight excluding hydrogens is 142 g/mol. The van der Waals surface area contributed by atoms with E-state index in [4.69, 9.17) is 5.11 Å². The first-order valence-electron chi connectivity index (χ1n) is 3.74. The normalized spacial score (nSPS) is 12.3. The summed E-state index contributed by atoms with van der Waals surface area (Å²) in [5, 5.41) is 11.6. The lowest BCUT2D eigenvalue weighted by atomic mass is 10.2. The molecule has 0 spiro atoms. The molecule has 0 unspecified atom stereocenters. The van der Waals surface area contributed by atoms with E-state index < -0.39 is 5.97 Å². The third kappa shape index (κ3) is 3.65. The number of allylic oxidation sites excluding steroid dienone is 1. The number of rotatable bonds is 4. The lowest BCUT2D eigenvalue weighted by Crippen LogP contribution is -2.15. The zero-order valence-corrected chi connectivity index (χ0v) is 7.27. The summed E-state index contributed by atoms with van der Waals surface area (Å²) in [6, 6.07) is 0. The number of hydrogen-bond donors (Lipinski definition) is 2. The molecule has 0 saturated heterocycles. The molecule has 0 fully saturated rings. The quantitative estimate of drug-likeness (QED) is 0.606. The predicted molar refractivity (Wildman–Crippen MR) is 44.3 cm³/mol. The topological polar surface area (TPSA) is 49.3 Å². The molecular formula is C8H15NO2. The number of aliphatic carboxylic acids is 1. The Hall–Kier alpha value is -0.990. The Balaban J connectivity index is 4.05. The number of hydrogen-bond acceptors (Lipinski definition) is 2. The Labute approximate surface area is 67.1 Å². The van der Waals surface area contributed by atoms with E-state index >= 15 is 0 Å². The molecule has 0 aliphatic rings. The minimum absolute atomic E-state index is 0.387. The van der Waals surface area contributed by atoms with Crippen molar-refractivity contribution in [2.75, 3.05) is 6.54 Å². The summed E-state index contributed by atoms with van der Waals surface area (Å²) in [7, 11) is 0. The molecule has 0 atom stereocenters. The smallest absolute Gasteiger partial charge is 0.333 e. The molecule has 0 aromatic rings. The Morgan fingerprint density at radius 3 is 2.36 bits per heavy atom. The van der Waals surface area contributed by atoms with E-state index in [9.17, 15) is 4.79 Å². The molecule has 0 aromatic heterocycles. The van der Waals surface area contributed by atoms with Gasteiger partial charge in [0.25, 0.3) is 0 Å². The number of carboxylic acid groups (broad SMARTS) is 1. The van der Waals surface area contributed by atoms with E-state index in [0.29, 0.717) is 5.57 Å². The van der Waals surface area contributed by atoms with Crippen molar-refractivity contribution in [1.82, 2.24) is 5.32 Å². The first kappa shape index (κ1) is 10.0. The van der Waals surface area contributed by atoms with Gasteiger partial charge in [0.1, 0.15) is 0 Å². The molecule has 0 heterocycles. The van der Waals surface area contributed by atoms with Crippen molar-refractivity contribution in [3.63, 3.8) is 0 Å². The zero-order valence-electron chi connectivity index (χ0n) is 7.27. The summed E-state index contributed by atoms with van der Waals surface area (Å²) in [6.45, 7) is 6.24. The molecule has 11 heavy (non-hydrogen) atoms. The third-order valence-corrected chi connectivity index (χ3v) is 1.52. The van der Waals surface area contributed by atoms with Crippen molar-refractivity contribution >= 4 is 5.97 Å². The summed E-state index contributed by atoms with van der Waals surface area (Å²) in [4.78, 5) is 10.4. The van der Waals surface area contributed by atoms with Gasteiger partial charge in [0, 0.05) is 12.2 Å². The van der Waals surface area contributed by atoms with Crippen molar-refractivity contribution in [1.29, 1.82) is 0 Å². The molecule has 0 aliphatic carbocycles. The van der Waals surface area contributed by atoms with Crippen LogP contribution in [0, 0.1) is 0 Å². The van der Waals surface area contributed by atoms with E-state index in [1.54, 1.807) is 13.8 Å². The fourth-order valence-corrected chi connectivity index (χ4v) is 0.605. The third-order valence-electron chi connectivity index (χ3n) is 1.52. The van der Waals surface area contributed by atoms with E-state index in [1.807, 2.05) is 6.92 Å². The highest BCUT2D eigenvalue weighted by Gasteiger charge is 2.03. The molecule has 3 nitrogen and oxygen atoms in total. The minimum Gasteiger partial charge on any atom is -0.478 e. The monoisotopic (exact) mass is 157 g/mol. The van der Waals surface area contributed by atoms with Crippen molar-refractivity contribution in [3.8, 4) is 0 Å². The molecule has 0 amide bonds. The van der Waals surface area contributed by atoms with Crippen LogP contribution in [0.4, 0.5) is 0 Å². The maximum atomic E-state index is 10.4. The maximum Gasteiger partial charge on any atom is 0.333 e. The Bertz CT molecular complexity index is 173. The average molecular weight is 157 g/mol. The van der Waals surface area contributed by atoms with Crippen LogP contribution in [0.2, 0.25) is 0 Å². The van der Waals surface area contributed by atoms with Crippen LogP contribution in [0.5, 0.6) is 0 Å². The van der Waals surface area contributed by atoms with Gasteiger partial charge in [-0.3, -0.25) is 0 Å². The van der Waals surface area contributed by atoms with E-state index in [-0.39, 0.29) is 0 Å². The fraction of sp³-hybridized carbons (Fsp3) is 0.625. The maximum absolute atomic E-state index is 10.4. The molecule has 0 radical (unpaired) electrons. The summed E-state index contributed by atoms with van der Waals surface area (Å²) >= 11 is 0. The second-order valence-corrected chi connectivity index (χ2v) is 2.48. The largest absolute Gasteiger partial charge is 0.478 e. The fourth-order valence-electron chi connectivity index (χ4n) is 0.605. The van der Waals surface area contributed by atoms with Gasteiger partial charge in [0.2, 0.25) is 0 Å². The molecule has 0 aromatic carbocycles. The van der Waals surface area contributed by atoms with Crippen LogP contribution in [-0.4, -0.2) is 17.6 Å². The number of carboxylic acids is 1. The summed E-state index contributed by atoms with van der Waals surface area (Å²) in [5.74, 6) is -0.855. The summed E-state index contributed by atoms with van der Waals surface area (Å²) in [5.41, 5.74) is 1.14. The van der Waals surface area contributed by atoms with Crippen LogP contribution in [-0.2, 0) is 4.79 Å². The van der Waals surface area contributed by atoms with Crippen molar-refractivity contribution in [3.05, 3.63) is 11.3 Å². The second kappa shape index (κ2) is 4.77. The summed E-state index contributed by atoms with van der Waals surface area (Å²) in [6.07, 6.45) is 1.00. The van der Waals surface area contributed by atoms with Gasteiger partial charge >= 0.3 is 5.97 Å². The molecule has 2 N–H and O–H groups in total. The highest BCUT2D eigenvalue weighted by Crippen LogP contribution is 1.98. The van der Waals surface area contributed by atoms with Crippen molar-refractivity contribution in [2.45, 2.75) is 27.2 Å². The van der Waals surface area contributed by atoms with Gasteiger partial charge in [-0.05, 0) is 20.3 Å². The minimum atomic E-state index is -0.855. The second-order valence-electron chi connectivity index (χ2n) is 2.48. The van der Waals surface area contributed by atoms with Crippen molar-refractivity contribution < 1.29 is 9.90 Å². The van der Waals surface area contributed by atoms with Crippen LogP contribution >= 0.6 is 0 Å². The van der Waals surface area contributed by atoms with Gasteiger partial charge in [-0.15, -0.1) is 0 Å². The zero-order chi connectivity index (χ0) is 8.85. The Kier molecular flexibility index (Phi) is 4.34. The van der Waals surface area contributed by atoms with Crippen LogP contribution in [0.1, 0.15) is 27.2 Å². The first-order valence-corrected chi connectivity index (χ1v) is 3.74. The SMILES string of the molecule is CCCN/C(C)=C(\C)C(=O)O. The lowest BCUT2D eigenvalue weighted by molar-refractivity contribution is -0.132. The van der Waals surface area contributed by atoms with Crippen LogP contribution in [0.15, 0.2) is 11.3 Å². The Morgan fingerprint density at radius 1 is 1.45 bits per heavy atom. The van der Waals surface area contributed by atoms with Gasteiger partial charge < -0.3 is 10.4 Å². The Morgan fingerprint density at radius 2 is 2.00 bits per heavy atom. The van der Waals surface area contributed by atoms with E-state index in [0.717, 1.165) is 18.7 Å². The molecule has 0 bridgehead atoms. The van der Waals surface area contributed by atoms with Gasteiger partial charge in [-0.25, -0.2) is 4.79 Å². The van der Waals surface area contributed by atoms with Gasteiger partial charge in [-0.1, -0.05) is 6.92 Å². The molecule has 0 saturated carbocycles. The molecule has 0 aliphatic heterocycles. The van der Waals surface area contributed by atoms with Crippen LogP contribution < -0.4 is 5.32 Å². The number of nitrogens with one attached hydrogen (secondary N) is 1. The lowest BCUT2D eigenvalue weighted by Gasteiger charge is -2.05. The summed E-state index contributed by atoms with van der Waals surface area (Å²) < 4.78 is 0. The van der Waals surface area contributed by atoms with E-state index in [2.05, 4.69) is 5.32 Å². The predicted octanol–water partition coefficient (Wildman–Crippen LogP) is 1.36. The van der Waals surface area contributed by atoms with Crippen molar-refractivity contribution in [2.24, 2.45) is 0 Å². The van der Waals surface area contributed by atoms with Gasteiger partial charge in [-0.2, -0.15) is 0 Å². The van der Waals surface area contributed by atoms with Gasteiger partial charge in [0.15, 0.2) is 0 Å². The van der Waals surface area contributed by atoms with Gasteiger partial charge in [0.05, 0.1) is 5.57 Å².